The number of rotatable bonds is 6. The molecule has 1 aromatic carbocycles. The number of carbonyl (C=O) groups excluding carboxylic acids is 1. The van der Waals surface area contributed by atoms with E-state index in [2.05, 4.69) is 15.2 Å². The van der Waals surface area contributed by atoms with Gasteiger partial charge in [0.05, 0.1) is 31.8 Å². The van der Waals surface area contributed by atoms with Gasteiger partial charge in [0.25, 0.3) is 0 Å². The second-order valence-electron chi connectivity index (χ2n) is 5.42. The number of aldehydes is 1. The summed E-state index contributed by atoms with van der Waals surface area (Å²) < 4.78 is 11.1. The first-order valence-corrected chi connectivity index (χ1v) is 7.67. The van der Waals surface area contributed by atoms with Crippen LogP contribution in [0.5, 0.6) is 5.75 Å². The van der Waals surface area contributed by atoms with E-state index in [4.69, 9.17) is 9.47 Å². The molecule has 0 aromatic heterocycles. The predicted molar refractivity (Wildman–Crippen MR) is 83.9 cm³/mol. The fraction of sp³-hybridized carbons (Fsp3) is 0.500. The molecular formula is C16H21N3O3. The van der Waals surface area contributed by atoms with Gasteiger partial charge in [-0.1, -0.05) is 6.07 Å². The SMILES string of the molecule is O=CC1NC=Nc2cc(OCCCN3CCOCC3)ccc21. The first-order chi connectivity index (χ1) is 10.9. The fourth-order valence-electron chi connectivity index (χ4n) is 2.68. The number of carbonyl (C=O) groups is 1. The highest BCUT2D eigenvalue weighted by atomic mass is 16.5. The average Bonchev–Trinajstić information content (AvgIpc) is 2.59. The van der Waals surface area contributed by atoms with Gasteiger partial charge in [0.1, 0.15) is 18.1 Å². The molecule has 1 unspecified atom stereocenters. The Morgan fingerprint density at radius 1 is 1.41 bits per heavy atom. The molecule has 2 heterocycles. The smallest absolute Gasteiger partial charge is 0.146 e. The quantitative estimate of drug-likeness (QED) is 0.634. The van der Waals surface area contributed by atoms with Crippen molar-refractivity contribution in [3.05, 3.63) is 23.8 Å². The van der Waals surface area contributed by atoms with E-state index < -0.39 is 0 Å². The molecule has 6 heteroatoms. The summed E-state index contributed by atoms with van der Waals surface area (Å²) in [6, 6.07) is 5.36. The van der Waals surface area contributed by atoms with Crippen LogP contribution in [0, 0.1) is 0 Å². The lowest BCUT2D eigenvalue weighted by atomic mass is 10.0. The highest BCUT2D eigenvalue weighted by Crippen LogP contribution is 2.30. The number of morpholine rings is 1. The summed E-state index contributed by atoms with van der Waals surface area (Å²) in [7, 11) is 0. The number of benzene rings is 1. The number of hydrogen-bond acceptors (Lipinski definition) is 6. The number of nitrogens with one attached hydrogen (secondary N) is 1. The second-order valence-corrected chi connectivity index (χ2v) is 5.42. The molecule has 0 radical (unpaired) electrons. The van der Waals surface area contributed by atoms with Crippen molar-refractivity contribution < 1.29 is 14.3 Å². The topological polar surface area (TPSA) is 63.2 Å². The molecule has 1 fully saturated rings. The predicted octanol–water partition coefficient (Wildman–Crippen LogP) is 1.29. The van der Waals surface area contributed by atoms with Crippen LogP contribution in [0.3, 0.4) is 0 Å². The highest BCUT2D eigenvalue weighted by molar-refractivity contribution is 5.77. The highest BCUT2D eigenvalue weighted by Gasteiger charge is 2.17. The Hall–Kier alpha value is -1.92. The molecule has 118 valence electrons. The summed E-state index contributed by atoms with van der Waals surface area (Å²) in [6.45, 7) is 5.38. The maximum Gasteiger partial charge on any atom is 0.146 e. The molecule has 2 aliphatic heterocycles. The van der Waals surface area contributed by atoms with E-state index in [1.54, 1.807) is 6.34 Å². The van der Waals surface area contributed by atoms with Crippen LogP contribution in [0.15, 0.2) is 23.2 Å². The van der Waals surface area contributed by atoms with Crippen LogP contribution in [-0.2, 0) is 9.53 Å². The largest absolute Gasteiger partial charge is 0.493 e. The van der Waals surface area contributed by atoms with Gasteiger partial charge >= 0.3 is 0 Å². The molecular weight excluding hydrogens is 282 g/mol. The third-order valence-corrected chi connectivity index (χ3v) is 3.92. The molecule has 1 N–H and O–H groups in total. The van der Waals surface area contributed by atoms with Crippen molar-refractivity contribution in [2.24, 2.45) is 4.99 Å². The summed E-state index contributed by atoms with van der Waals surface area (Å²) in [5.74, 6) is 0.796. The van der Waals surface area contributed by atoms with Crippen LogP contribution in [-0.4, -0.2) is 57.0 Å². The van der Waals surface area contributed by atoms with Gasteiger partial charge in [0.15, 0.2) is 0 Å². The minimum absolute atomic E-state index is 0.317. The Kier molecular flexibility index (Phi) is 5.03. The molecule has 1 aromatic rings. The van der Waals surface area contributed by atoms with Crippen molar-refractivity contribution >= 4 is 18.3 Å². The lowest BCUT2D eigenvalue weighted by Gasteiger charge is -2.26. The second kappa shape index (κ2) is 7.38. The molecule has 3 rings (SSSR count). The molecule has 0 aliphatic carbocycles. The molecule has 1 atom stereocenters. The van der Waals surface area contributed by atoms with E-state index in [0.29, 0.717) is 6.61 Å². The lowest BCUT2D eigenvalue weighted by Crippen LogP contribution is -2.37. The van der Waals surface area contributed by atoms with Crippen molar-refractivity contribution in [3.8, 4) is 5.75 Å². The van der Waals surface area contributed by atoms with Gasteiger partial charge in [0, 0.05) is 31.3 Å². The number of nitrogens with zero attached hydrogens (tertiary/aromatic N) is 2. The van der Waals surface area contributed by atoms with Crippen LogP contribution in [0.1, 0.15) is 18.0 Å². The summed E-state index contributed by atoms with van der Waals surface area (Å²) in [5.41, 5.74) is 1.68. The van der Waals surface area contributed by atoms with Crippen molar-refractivity contribution in [3.63, 3.8) is 0 Å². The first-order valence-electron chi connectivity index (χ1n) is 7.67. The van der Waals surface area contributed by atoms with E-state index in [1.807, 2.05) is 18.2 Å². The molecule has 0 bridgehead atoms. The summed E-state index contributed by atoms with van der Waals surface area (Å²) in [6.07, 6.45) is 3.43. The van der Waals surface area contributed by atoms with E-state index >= 15 is 0 Å². The Morgan fingerprint density at radius 2 is 2.27 bits per heavy atom. The average molecular weight is 303 g/mol. The molecule has 22 heavy (non-hydrogen) atoms. The van der Waals surface area contributed by atoms with E-state index in [0.717, 1.165) is 62.6 Å². The first kappa shape index (κ1) is 15.0. The van der Waals surface area contributed by atoms with Crippen molar-refractivity contribution in [2.75, 3.05) is 39.5 Å². The normalized spacial score (nSPS) is 21.0. The Morgan fingerprint density at radius 3 is 3.09 bits per heavy atom. The van der Waals surface area contributed by atoms with Crippen LogP contribution < -0.4 is 10.1 Å². The summed E-state index contributed by atoms with van der Waals surface area (Å²) >= 11 is 0. The number of fused-ring (bicyclic) bond motifs is 1. The standard InChI is InChI=1S/C16H21N3O3/c20-11-16-14-3-2-13(10-15(14)17-12-18-16)22-7-1-4-19-5-8-21-9-6-19/h2-3,10-12,16H,1,4-9H2,(H,17,18). The Bertz CT molecular complexity index is 541. The minimum atomic E-state index is -0.317. The van der Waals surface area contributed by atoms with Crippen LogP contribution >= 0.6 is 0 Å². The third-order valence-electron chi connectivity index (χ3n) is 3.92. The van der Waals surface area contributed by atoms with Gasteiger partial charge in [-0.3, -0.25) is 4.90 Å². The van der Waals surface area contributed by atoms with E-state index in [9.17, 15) is 4.79 Å². The monoisotopic (exact) mass is 303 g/mol. The fourth-order valence-corrected chi connectivity index (χ4v) is 2.68. The summed E-state index contributed by atoms with van der Waals surface area (Å²) in [5, 5.41) is 2.92. The van der Waals surface area contributed by atoms with Gasteiger partial charge in [0.2, 0.25) is 0 Å². The third kappa shape index (κ3) is 3.64. The number of ether oxygens (including phenoxy) is 2. The minimum Gasteiger partial charge on any atom is -0.493 e. The van der Waals surface area contributed by atoms with Crippen LogP contribution in [0.25, 0.3) is 0 Å². The molecule has 0 spiro atoms. The molecule has 1 saturated heterocycles. The van der Waals surface area contributed by atoms with E-state index in [1.165, 1.54) is 0 Å². The summed E-state index contributed by atoms with van der Waals surface area (Å²) in [4.78, 5) is 17.6. The number of aliphatic imine (C=N–C) groups is 1. The maximum absolute atomic E-state index is 11.0. The van der Waals surface area contributed by atoms with Crippen molar-refractivity contribution in [2.45, 2.75) is 12.5 Å². The van der Waals surface area contributed by atoms with Gasteiger partial charge in [-0.2, -0.15) is 0 Å². The van der Waals surface area contributed by atoms with Crippen LogP contribution in [0.2, 0.25) is 0 Å². The van der Waals surface area contributed by atoms with Gasteiger partial charge < -0.3 is 19.6 Å². The Balaban J connectivity index is 1.49. The zero-order chi connectivity index (χ0) is 15.2. The van der Waals surface area contributed by atoms with Gasteiger partial charge in [-0.15, -0.1) is 0 Å². The van der Waals surface area contributed by atoms with E-state index in [-0.39, 0.29) is 6.04 Å². The van der Waals surface area contributed by atoms with Gasteiger partial charge in [-0.05, 0) is 12.5 Å². The lowest BCUT2D eigenvalue weighted by molar-refractivity contribution is -0.109. The maximum atomic E-state index is 11.0. The molecule has 0 amide bonds. The molecule has 6 nitrogen and oxygen atoms in total. The molecule has 2 aliphatic rings. The van der Waals surface area contributed by atoms with Crippen LogP contribution in [0.4, 0.5) is 5.69 Å². The zero-order valence-corrected chi connectivity index (χ0v) is 12.5. The van der Waals surface area contributed by atoms with Crippen molar-refractivity contribution in [1.29, 1.82) is 0 Å². The zero-order valence-electron chi connectivity index (χ0n) is 12.5. The van der Waals surface area contributed by atoms with Gasteiger partial charge in [-0.25, -0.2) is 4.99 Å². The number of hydrogen-bond donors (Lipinski definition) is 1. The van der Waals surface area contributed by atoms with Crippen molar-refractivity contribution in [1.82, 2.24) is 10.2 Å². The Labute approximate surface area is 130 Å². The molecule has 0 saturated carbocycles.